The second kappa shape index (κ2) is 8.21. The quantitative estimate of drug-likeness (QED) is 0.739. The van der Waals surface area contributed by atoms with E-state index in [1.165, 1.54) is 5.56 Å². The Balaban J connectivity index is 1.72. The van der Waals surface area contributed by atoms with E-state index >= 15 is 0 Å². The molecule has 5 nitrogen and oxygen atoms in total. The number of amides is 1. The lowest BCUT2D eigenvalue weighted by Gasteiger charge is -2.38. The van der Waals surface area contributed by atoms with Gasteiger partial charge in [0.05, 0.1) is 5.56 Å². The van der Waals surface area contributed by atoms with Crippen molar-refractivity contribution >= 4 is 11.9 Å². The summed E-state index contributed by atoms with van der Waals surface area (Å²) in [6, 6.07) is 10.4. The first-order valence-electron chi connectivity index (χ1n) is 10.0. The smallest absolute Gasteiger partial charge is 0.340 e. The number of hydrogen-bond donors (Lipinski definition) is 0. The van der Waals surface area contributed by atoms with Gasteiger partial charge in [0.15, 0.2) is 6.61 Å². The van der Waals surface area contributed by atoms with Gasteiger partial charge in [-0.15, -0.1) is 0 Å². The molecule has 150 valence electrons. The molecule has 1 saturated heterocycles. The molecule has 1 aliphatic rings. The first-order valence-corrected chi connectivity index (χ1v) is 10.0. The first-order chi connectivity index (χ1) is 13.3. The minimum atomic E-state index is -0.447. The zero-order chi connectivity index (χ0) is 20.4. The van der Waals surface area contributed by atoms with Gasteiger partial charge in [-0.25, -0.2) is 4.79 Å². The summed E-state index contributed by atoms with van der Waals surface area (Å²) in [5.41, 5.74) is 4.47. The van der Waals surface area contributed by atoms with Gasteiger partial charge in [-0.1, -0.05) is 17.7 Å². The van der Waals surface area contributed by atoms with E-state index in [0.717, 1.165) is 36.3 Å². The highest BCUT2D eigenvalue weighted by Gasteiger charge is 2.29. The van der Waals surface area contributed by atoms with Crippen molar-refractivity contribution in [1.29, 1.82) is 0 Å². The van der Waals surface area contributed by atoms with Crippen molar-refractivity contribution in [3.8, 4) is 5.69 Å². The molecule has 2 aromatic rings. The zero-order valence-corrected chi connectivity index (χ0v) is 17.5. The average molecular weight is 383 g/mol. The average Bonchev–Trinajstić information content (AvgIpc) is 2.95. The van der Waals surface area contributed by atoms with Gasteiger partial charge in [0.2, 0.25) is 0 Å². The molecule has 0 unspecified atom stereocenters. The molecule has 0 spiro atoms. The number of esters is 1. The number of carbonyl (C=O) groups is 2. The third-order valence-corrected chi connectivity index (χ3v) is 5.75. The minimum absolute atomic E-state index is 0.111. The van der Waals surface area contributed by atoms with Crippen LogP contribution < -0.4 is 0 Å². The van der Waals surface area contributed by atoms with E-state index in [-0.39, 0.29) is 24.6 Å². The van der Waals surface area contributed by atoms with Crippen LogP contribution in [0.15, 0.2) is 30.3 Å². The number of piperidine rings is 1. The van der Waals surface area contributed by atoms with Crippen LogP contribution in [0.4, 0.5) is 0 Å². The molecule has 1 aliphatic heterocycles. The first kappa shape index (κ1) is 20.2. The lowest BCUT2D eigenvalue weighted by molar-refractivity contribution is -0.140. The maximum atomic E-state index is 12.7. The van der Waals surface area contributed by atoms with Crippen molar-refractivity contribution in [2.45, 2.75) is 66.0 Å². The van der Waals surface area contributed by atoms with Crippen LogP contribution in [0.25, 0.3) is 5.69 Å². The van der Waals surface area contributed by atoms with Crippen molar-refractivity contribution in [3.63, 3.8) is 0 Å². The molecule has 0 saturated carbocycles. The predicted molar refractivity (Wildman–Crippen MR) is 110 cm³/mol. The Bertz CT molecular complexity index is 857. The molecule has 3 rings (SSSR count). The molecular formula is C23H30N2O3. The lowest BCUT2D eigenvalue weighted by atomic mass is 9.97. The summed E-state index contributed by atoms with van der Waals surface area (Å²) < 4.78 is 7.43. The largest absolute Gasteiger partial charge is 0.452 e. The summed E-state index contributed by atoms with van der Waals surface area (Å²) >= 11 is 0. The van der Waals surface area contributed by atoms with E-state index in [4.69, 9.17) is 4.74 Å². The summed E-state index contributed by atoms with van der Waals surface area (Å²) in [7, 11) is 0. The van der Waals surface area contributed by atoms with Crippen molar-refractivity contribution in [2.24, 2.45) is 0 Å². The normalized spacial score (nSPS) is 19.5. The van der Waals surface area contributed by atoms with E-state index in [2.05, 4.69) is 13.8 Å². The van der Waals surface area contributed by atoms with Gasteiger partial charge in [0.1, 0.15) is 0 Å². The Morgan fingerprint density at radius 3 is 2.25 bits per heavy atom. The fourth-order valence-electron chi connectivity index (χ4n) is 4.25. The van der Waals surface area contributed by atoms with Crippen LogP contribution in [0, 0.1) is 20.8 Å². The molecule has 1 amide bonds. The molecule has 5 heteroatoms. The number of benzene rings is 1. The topological polar surface area (TPSA) is 51.5 Å². The van der Waals surface area contributed by atoms with Crippen molar-refractivity contribution in [1.82, 2.24) is 9.47 Å². The summed E-state index contributed by atoms with van der Waals surface area (Å²) in [6.07, 6.45) is 3.14. The maximum Gasteiger partial charge on any atom is 0.340 e. The Kier molecular flexibility index (Phi) is 5.92. The Morgan fingerprint density at radius 1 is 1.04 bits per heavy atom. The number of hydrogen-bond acceptors (Lipinski definition) is 3. The van der Waals surface area contributed by atoms with Gasteiger partial charge in [0, 0.05) is 29.2 Å². The minimum Gasteiger partial charge on any atom is -0.452 e. The van der Waals surface area contributed by atoms with Gasteiger partial charge in [-0.3, -0.25) is 4.79 Å². The van der Waals surface area contributed by atoms with Crippen LogP contribution in [0.2, 0.25) is 0 Å². The SMILES string of the molecule is Cc1ccc(-n2c(C)cc(C(=O)OCC(=O)N3[C@H](C)CCC[C@@H]3C)c2C)cc1. The monoisotopic (exact) mass is 382 g/mol. The van der Waals surface area contributed by atoms with Crippen LogP contribution in [-0.2, 0) is 9.53 Å². The molecule has 2 atom stereocenters. The van der Waals surface area contributed by atoms with Gasteiger partial charge >= 0.3 is 5.97 Å². The molecule has 0 bridgehead atoms. The van der Waals surface area contributed by atoms with Crippen molar-refractivity contribution in [3.05, 3.63) is 52.8 Å². The molecule has 0 aliphatic carbocycles. The lowest BCUT2D eigenvalue weighted by Crippen LogP contribution is -2.49. The number of nitrogens with zero attached hydrogens (tertiary/aromatic N) is 2. The number of likely N-dealkylation sites (tertiary alicyclic amines) is 1. The van der Waals surface area contributed by atoms with Crippen LogP contribution >= 0.6 is 0 Å². The van der Waals surface area contributed by atoms with E-state index < -0.39 is 5.97 Å². The van der Waals surface area contributed by atoms with Crippen molar-refractivity contribution < 1.29 is 14.3 Å². The van der Waals surface area contributed by atoms with Gasteiger partial charge in [-0.2, -0.15) is 0 Å². The van der Waals surface area contributed by atoms with Crippen LogP contribution in [-0.4, -0.2) is 40.0 Å². The Morgan fingerprint density at radius 2 is 1.64 bits per heavy atom. The van der Waals surface area contributed by atoms with Crippen LogP contribution in [0.3, 0.4) is 0 Å². The zero-order valence-electron chi connectivity index (χ0n) is 17.5. The fraction of sp³-hybridized carbons (Fsp3) is 0.478. The van der Waals surface area contributed by atoms with Crippen LogP contribution in [0.5, 0.6) is 0 Å². The third kappa shape index (κ3) is 3.98. The number of ether oxygens (including phenoxy) is 1. The number of aryl methyl sites for hydroxylation is 2. The van der Waals surface area contributed by atoms with Gasteiger partial charge in [-0.05, 0) is 72.1 Å². The molecular weight excluding hydrogens is 352 g/mol. The summed E-state index contributed by atoms with van der Waals surface area (Å²) in [5.74, 6) is -0.558. The summed E-state index contributed by atoms with van der Waals surface area (Å²) in [5, 5.41) is 0. The highest BCUT2D eigenvalue weighted by Crippen LogP contribution is 2.24. The highest BCUT2D eigenvalue weighted by molar-refractivity contribution is 5.93. The second-order valence-corrected chi connectivity index (χ2v) is 7.96. The molecule has 1 aromatic carbocycles. The van der Waals surface area contributed by atoms with E-state index in [0.29, 0.717) is 5.56 Å². The Labute approximate surface area is 167 Å². The molecule has 28 heavy (non-hydrogen) atoms. The standard InChI is InChI=1S/C23H30N2O3/c1-15-9-11-20(12-10-15)25-18(4)13-21(19(25)5)23(27)28-14-22(26)24-16(2)7-6-8-17(24)3/h9-13,16-17H,6-8,14H2,1-5H3/t16-,17+. The van der Waals surface area contributed by atoms with Gasteiger partial charge in [0.25, 0.3) is 5.91 Å². The molecule has 1 fully saturated rings. The maximum absolute atomic E-state index is 12.7. The fourth-order valence-corrected chi connectivity index (χ4v) is 4.25. The number of aromatic nitrogens is 1. The van der Waals surface area contributed by atoms with Crippen LogP contribution in [0.1, 0.15) is 60.4 Å². The third-order valence-electron chi connectivity index (χ3n) is 5.75. The van der Waals surface area contributed by atoms with Crippen molar-refractivity contribution in [2.75, 3.05) is 6.61 Å². The predicted octanol–water partition coefficient (Wildman–Crippen LogP) is 4.35. The number of rotatable bonds is 4. The Hall–Kier alpha value is -2.56. The highest BCUT2D eigenvalue weighted by atomic mass is 16.5. The molecule has 0 N–H and O–H groups in total. The second-order valence-electron chi connectivity index (χ2n) is 7.96. The number of carbonyl (C=O) groups excluding carboxylic acids is 2. The van der Waals surface area contributed by atoms with E-state index in [9.17, 15) is 9.59 Å². The summed E-state index contributed by atoms with van der Waals surface area (Å²) in [6.45, 7) is 9.83. The summed E-state index contributed by atoms with van der Waals surface area (Å²) in [4.78, 5) is 27.1. The van der Waals surface area contributed by atoms with E-state index in [1.54, 1.807) is 0 Å². The molecule has 1 aromatic heterocycles. The van der Waals surface area contributed by atoms with Gasteiger partial charge < -0.3 is 14.2 Å². The molecule has 2 heterocycles. The van der Waals surface area contributed by atoms with E-state index in [1.807, 2.05) is 60.6 Å². The molecule has 0 radical (unpaired) electrons.